The zero-order valence-corrected chi connectivity index (χ0v) is 22.5. The van der Waals surface area contributed by atoms with Crippen molar-refractivity contribution in [2.24, 2.45) is 0 Å². The molecule has 2 aromatic carbocycles. The van der Waals surface area contributed by atoms with Crippen LogP contribution >= 0.6 is 27.7 Å². The van der Waals surface area contributed by atoms with Crippen LogP contribution in [0, 0.1) is 6.92 Å². The van der Waals surface area contributed by atoms with E-state index < -0.39 is 0 Å². The van der Waals surface area contributed by atoms with Crippen molar-refractivity contribution in [2.45, 2.75) is 58.3 Å². The molecule has 7 nitrogen and oxygen atoms in total. The summed E-state index contributed by atoms with van der Waals surface area (Å²) in [6.45, 7) is 10.6. The molecule has 0 saturated carbocycles. The van der Waals surface area contributed by atoms with Crippen LogP contribution in [0.25, 0.3) is 0 Å². The van der Waals surface area contributed by atoms with Gasteiger partial charge in [0.25, 0.3) is 5.91 Å². The summed E-state index contributed by atoms with van der Waals surface area (Å²) in [6, 6.07) is 13.0. The second kappa shape index (κ2) is 11.7. The van der Waals surface area contributed by atoms with Crippen LogP contribution in [-0.4, -0.2) is 32.3 Å². The largest absolute Gasteiger partial charge is 0.342 e. The number of nitrogens with zero attached hydrogens (tertiary/aromatic N) is 3. The Morgan fingerprint density at radius 3 is 2.53 bits per heavy atom. The first-order chi connectivity index (χ1) is 16.2. The molecule has 1 atom stereocenters. The molecule has 34 heavy (non-hydrogen) atoms. The van der Waals surface area contributed by atoms with Crippen molar-refractivity contribution in [1.82, 2.24) is 20.1 Å². The summed E-state index contributed by atoms with van der Waals surface area (Å²) in [6.07, 6.45) is 0. The Morgan fingerprint density at radius 2 is 1.85 bits per heavy atom. The first-order valence-electron chi connectivity index (χ1n) is 11.2. The molecule has 3 rings (SSSR count). The average molecular weight is 545 g/mol. The van der Waals surface area contributed by atoms with Gasteiger partial charge in [-0.25, -0.2) is 0 Å². The van der Waals surface area contributed by atoms with Crippen LogP contribution in [0.1, 0.15) is 67.0 Å². The van der Waals surface area contributed by atoms with Gasteiger partial charge in [0, 0.05) is 22.3 Å². The first-order valence-corrected chi connectivity index (χ1v) is 13.0. The quantitative estimate of drug-likeness (QED) is 0.337. The number of aryl methyl sites for hydroxylation is 1. The van der Waals surface area contributed by atoms with Crippen molar-refractivity contribution >= 4 is 45.2 Å². The van der Waals surface area contributed by atoms with Gasteiger partial charge < -0.3 is 15.2 Å². The van der Waals surface area contributed by atoms with Gasteiger partial charge in [-0.2, -0.15) is 0 Å². The summed E-state index contributed by atoms with van der Waals surface area (Å²) in [5, 5.41) is 15.2. The minimum Gasteiger partial charge on any atom is -0.342 e. The third kappa shape index (κ3) is 6.27. The van der Waals surface area contributed by atoms with E-state index >= 15 is 0 Å². The predicted octanol–water partition coefficient (Wildman–Crippen LogP) is 5.71. The Balaban J connectivity index is 1.66. The van der Waals surface area contributed by atoms with Gasteiger partial charge >= 0.3 is 0 Å². The van der Waals surface area contributed by atoms with Crippen molar-refractivity contribution in [3.05, 3.63) is 69.5 Å². The van der Waals surface area contributed by atoms with Crippen LogP contribution in [0.15, 0.2) is 52.1 Å². The average Bonchev–Trinajstić information content (AvgIpc) is 3.22. The molecule has 3 aromatic rings. The summed E-state index contributed by atoms with van der Waals surface area (Å²) in [4.78, 5) is 25.4. The van der Waals surface area contributed by atoms with Crippen molar-refractivity contribution in [1.29, 1.82) is 0 Å². The lowest BCUT2D eigenvalue weighted by molar-refractivity contribution is -0.113. The highest BCUT2D eigenvalue weighted by Crippen LogP contribution is 2.28. The van der Waals surface area contributed by atoms with Gasteiger partial charge in [-0.05, 0) is 62.1 Å². The van der Waals surface area contributed by atoms with Crippen molar-refractivity contribution in [2.75, 3.05) is 11.1 Å². The van der Waals surface area contributed by atoms with E-state index in [1.165, 1.54) is 11.8 Å². The van der Waals surface area contributed by atoms with Gasteiger partial charge in [0.15, 0.2) is 11.0 Å². The van der Waals surface area contributed by atoms with Gasteiger partial charge in [0.2, 0.25) is 5.91 Å². The van der Waals surface area contributed by atoms with E-state index in [2.05, 4.69) is 50.6 Å². The van der Waals surface area contributed by atoms with Crippen LogP contribution in [0.3, 0.4) is 0 Å². The first kappa shape index (κ1) is 26.0. The fourth-order valence-corrected chi connectivity index (χ4v) is 4.82. The lowest BCUT2D eigenvalue weighted by Gasteiger charge is -2.16. The standard InChI is InChI=1S/C25H30BrN5O2S/c1-6-31-23(17(5)27-24(33)19-10-8-7-9-16(19)4)29-30-25(31)34-14-22(32)28-21-12-11-18(26)13-20(21)15(2)3/h7-13,15,17H,6,14H2,1-5H3,(H,27,33)(H,28,32)/t17-/m1/s1. The lowest BCUT2D eigenvalue weighted by Crippen LogP contribution is -2.29. The monoisotopic (exact) mass is 543 g/mol. The number of carbonyl (C=O) groups excluding carboxylic acids is 2. The summed E-state index contributed by atoms with van der Waals surface area (Å²) in [5.74, 6) is 0.878. The second-order valence-electron chi connectivity index (χ2n) is 8.32. The zero-order valence-electron chi connectivity index (χ0n) is 20.1. The number of halogens is 1. The molecule has 0 aliphatic heterocycles. The number of anilines is 1. The Morgan fingerprint density at radius 1 is 1.12 bits per heavy atom. The molecule has 0 saturated heterocycles. The number of nitrogens with one attached hydrogen (secondary N) is 2. The number of carbonyl (C=O) groups is 2. The van der Waals surface area contributed by atoms with Crippen LogP contribution in [0.2, 0.25) is 0 Å². The van der Waals surface area contributed by atoms with Crippen molar-refractivity contribution in [3.8, 4) is 0 Å². The highest BCUT2D eigenvalue weighted by atomic mass is 79.9. The molecule has 180 valence electrons. The fourth-order valence-electron chi connectivity index (χ4n) is 3.63. The highest BCUT2D eigenvalue weighted by Gasteiger charge is 2.21. The third-order valence-corrected chi connectivity index (χ3v) is 6.89. The number of thioether (sulfide) groups is 1. The summed E-state index contributed by atoms with van der Waals surface area (Å²) in [5.41, 5.74) is 3.44. The molecule has 9 heteroatoms. The normalized spacial score (nSPS) is 12.0. The van der Waals surface area contributed by atoms with Gasteiger partial charge in [-0.3, -0.25) is 9.59 Å². The SMILES string of the molecule is CCn1c(SCC(=O)Nc2ccc(Br)cc2C(C)C)nnc1[C@@H](C)NC(=O)c1ccccc1C. The Kier molecular flexibility index (Phi) is 8.90. The van der Waals surface area contributed by atoms with E-state index in [4.69, 9.17) is 0 Å². The van der Waals surface area contributed by atoms with Gasteiger partial charge in [-0.1, -0.05) is 59.7 Å². The Labute approximate surface area is 213 Å². The molecule has 2 N–H and O–H groups in total. The highest BCUT2D eigenvalue weighted by molar-refractivity contribution is 9.10. The molecule has 2 amide bonds. The molecular formula is C25H30BrN5O2S. The number of hydrogen-bond acceptors (Lipinski definition) is 5. The number of aromatic nitrogens is 3. The number of amides is 2. The molecule has 0 aliphatic carbocycles. The predicted molar refractivity (Wildman–Crippen MR) is 140 cm³/mol. The maximum absolute atomic E-state index is 12.7. The van der Waals surface area contributed by atoms with E-state index in [0.29, 0.717) is 23.1 Å². The molecule has 0 spiro atoms. The molecular weight excluding hydrogens is 514 g/mol. The molecule has 0 bridgehead atoms. The van der Waals surface area contributed by atoms with Crippen molar-refractivity contribution < 1.29 is 9.59 Å². The zero-order chi connectivity index (χ0) is 24.8. The Hall–Kier alpha value is -2.65. The van der Waals surface area contributed by atoms with E-state index in [1.807, 2.05) is 61.7 Å². The van der Waals surface area contributed by atoms with E-state index in [0.717, 1.165) is 21.3 Å². The van der Waals surface area contributed by atoms with Crippen LogP contribution in [0.5, 0.6) is 0 Å². The molecule has 0 fully saturated rings. The smallest absolute Gasteiger partial charge is 0.252 e. The minimum atomic E-state index is -0.334. The summed E-state index contributed by atoms with van der Waals surface area (Å²) >= 11 is 4.82. The Bertz CT molecular complexity index is 1180. The maximum atomic E-state index is 12.7. The molecule has 0 aliphatic rings. The van der Waals surface area contributed by atoms with E-state index in [1.54, 1.807) is 6.07 Å². The molecule has 0 unspecified atom stereocenters. The number of rotatable bonds is 9. The summed E-state index contributed by atoms with van der Waals surface area (Å²) in [7, 11) is 0. The van der Waals surface area contributed by atoms with E-state index in [-0.39, 0.29) is 29.5 Å². The molecule has 1 aromatic heterocycles. The van der Waals surface area contributed by atoms with Gasteiger partial charge in [0.05, 0.1) is 11.8 Å². The summed E-state index contributed by atoms with van der Waals surface area (Å²) < 4.78 is 2.91. The number of benzene rings is 2. The van der Waals surface area contributed by atoms with Crippen molar-refractivity contribution in [3.63, 3.8) is 0 Å². The number of hydrogen-bond donors (Lipinski definition) is 2. The van der Waals surface area contributed by atoms with Gasteiger partial charge in [0.1, 0.15) is 0 Å². The fraction of sp³-hybridized carbons (Fsp3) is 0.360. The topological polar surface area (TPSA) is 88.9 Å². The van der Waals surface area contributed by atoms with Gasteiger partial charge in [-0.15, -0.1) is 10.2 Å². The lowest BCUT2D eigenvalue weighted by atomic mass is 10.0. The maximum Gasteiger partial charge on any atom is 0.252 e. The molecule has 1 heterocycles. The minimum absolute atomic E-state index is 0.109. The van der Waals surface area contributed by atoms with Crippen LogP contribution < -0.4 is 10.6 Å². The molecule has 0 radical (unpaired) electrons. The van der Waals surface area contributed by atoms with Crippen LogP contribution in [0.4, 0.5) is 5.69 Å². The van der Waals surface area contributed by atoms with Crippen LogP contribution in [-0.2, 0) is 11.3 Å². The van der Waals surface area contributed by atoms with E-state index in [9.17, 15) is 9.59 Å². The second-order valence-corrected chi connectivity index (χ2v) is 10.2. The third-order valence-electron chi connectivity index (χ3n) is 5.43.